The molecule has 0 amide bonds. The van der Waals surface area contributed by atoms with Crippen LogP contribution in [0.15, 0.2) is 96.1 Å². The molecule has 0 fully saturated rings. The summed E-state index contributed by atoms with van der Waals surface area (Å²) in [6.07, 6.45) is 6.61. The summed E-state index contributed by atoms with van der Waals surface area (Å²) in [5.41, 5.74) is 6.26. The predicted octanol–water partition coefficient (Wildman–Crippen LogP) is 5.26. The zero-order valence-electron chi connectivity index (χ0n) is 18.7. The molecule has 3 heterocycles. The van der Waals surface area contributed by atoms with E-state index in [0.717, 1.165) is 41.9 Å². The van der Waals surface area contributed by atoms with E-state index in [0.29, 0.717) is 23.2 Å². The number of nitrogens with zero attached hydrogens (tertiary/aromatic N) is 3. The minimum absolute atomic E-state index is 0.210. The summed E-state index contributed by atoms with van der Waals surface area (Å²) in [6, 6.07) is 25.7. The van der Waals surface area contributed by atoms with Crippen LogP contribution in [0.5, 0.6) is 0 Å². The molecule has 5 rings (SSSR count). The van der Waals surface area contributed by atoms with Crippen LogP contribution in [0.3, 0.4) is 0 Å². The van der Waals surface area contributed by atoms with Crippen LogP contribution in [0.25, 0.3) is 28.0 Å². The molecular weight excluding hydrogens is 420 g/mol. The Morgan fingerprint density at radius 2 is 1.74 bits per heavy atom. The molecule has 0 radical (unpaired) electrons. The summed E-state index contributed by atoms with van der Waals surface area (Å²) in [5.74, 6) is 0. The molecule has 0 saturated heterocycles. The molecule has 166 valence electrons. The number of aromatic amines is 1. The third-order valence-corrected chi connectivity index (χ3v) is 6.15. The van der Waals surface area contributed by atoms with Crippen LogP contribution in [0, 0.1) is 11.3 Å². The minimum Gasteiger partial charge on any atom is -0.328 e. The van der Waals surface area contributed by atoms with Crippen LogP contribution >= 0.6 is 0 Å². The second-order valence-electron chi connectivity index (χ2n) is 8.37. The van der Waals surface area contributed by atoms with Crippen LogP contribution in [-0.4, -0.2) is 28.0 Å². The minimum atomic E-state index is -0.210. The maximum Gasteiger partial charge on any atom is 0.256 e. The van der Waals surface area contributed by atoms with Crippen molar-refractivity contribution >= 4 is 5.57 Å². The van der Waals surface area contributed by atoms with E-state index < -0.39 is 0 Å². The summed E-state index contributed by atoms with van der Waals surface area (Å²) >= 11 is 0. The normalized spacial score (nSPS) is 13.8. The van der Waals surface area contributed by atoms with Gasteiger partial charge in [-0.3, -0.25) is 14.7 Å². The molecule has 0 aliphatic carbocycles. The second-order valence-corrected chi connectivity index (χ2v) is 8.37. The van der Waals surface area contributed by atoms with Gasteiger partial charge in [-0.1, -0.05) is 60.7 Å². The Morgan fingerprint density at radius 1 is 0.941 bits per heavy atom. The number of pyridine rings is 2. The van der Waals surface area contributed by atoms with E-state index in [4.69, 9.17) is 0 Å². The van der Waals surface area contributed by atoms with Gasteiger partial charge in [-0.25, -0.2) is 0 Å². The number of hydrogen-bond acceptors (Lipinski definition) is 4. The van der Waals surface area contributed by atoms with Crippen molar-refractivity contribution < 1.29 is 0 Å². The van der Waals surface area contributed by atoms with Crippen LogP contribution in [0.1, 0.15) is 23.1 Å². The van der Waals surface area contributed by atoms with E-state index in [2.05, 4.69) is 51.3 Å². The molecule has 5 nitrogen and oxygen atoms in total. The van der Waals surface area contributed by atoms with Gasteiger partial charge in [-0.05, 0) is 35.8 Å². The molecule has 2 aromatic carbocycles. The van der Waals surface area contributed by atoms with Gasteiger partial charge >= 0.3 is 0 Å². The van der Waals surface area contributed by atoms with Gasteiger partial charge in [0.15, 0.2) is 0 Å². The molecule has 1 aliphatic heterocycles. The van der Waals surface area contributed by atoms with Crippen molar-refractivity contribution in [1.29, 1.82) is 5.26 Å². The lowest BCUT2D eigenvalue weighted by Crippen LogP contribution is -2.30. The van der Waals surface area contributed by atoms with Gasteiger partial charge in [0.1, 0.15) is 0 Å². The standard InChI is InChI=1S/C29H24N4O/c30-17-22-11-4-5-13-24(22)28-27(25(18-32-29(28)34)26-14-6-7-15-31-26)23-12-8-16-33(20-23)19-21-9-2-1-3-10-21/h1-7,9-15,18H,8,16,19-20H2,(H,32,34). The molecule has 2 aromatic heterocycles. The first kappa shape index (κ1) is 21.6. The predicted molar refractivity (Wildman–Crippen MR) is 135 cm³/mol. The number of nitrogens with one attached hydrogen (secondary N) is 1. The fourth-order valence-electron chi connectivity index (χ4n) is 4.61. The summed E-state index contributed by atoms with van der Waals surface area (Å²) in [5, 5.41) is 9.77. The van der Waals surface area contributed by atoms with E-state index in [1.807, 2.05) is 42.5 Å². The highest BCUT2D eigenvalue weighted by Crippen LogP contribution is 2.36. The van der Waals surface area contributed by atoms with E-state index in [-0.39, 0.29) is 5.56 Å². The Kier molecular flexibility index (Phi) is 6.15. The molecule has 1 aliphatic rings. The zero-order valence-corrected chi connectivity index (χ0v) is 18.7. The monoisotopic (exact) mass is 444 g/mol. The van der Waals surface area contributed by atoms with Crippen molar-refractivity contribution in [3.63, 3.8) is 0 Å². The average molecular weight is 445 g/mol. The van der Waals surface area contributed by atoms with Crippen LogP contribution < -0.4 is 5.56 Å². The number of rotatable bonds is 5. The molecule has 0 saturated carbocycles. The highest BCUT2D eigenvalue weighted by Gasteiger charge is 2.24. The van der Waals surface area contributed by atoms with Gasteiger partial charge < -0.3 is 4.98 Å². The zero-order chi connectivity index (χ0) is 23.3. The van der Waals surface area contributed by atoms with Crippen molar-refractivity contribution in [2.75, 3.05) is 13.1 Å². The quantitative estimate of drug-likeness (QED) is 0.455. The lowest BCUT2D eigenvalue weighted by molar-refractivity contribution is 0.296. The fraction of sp³-hybridized carbons (Fsp3) is 0.138. The molecule has 0 spiro atoms. The van der Waals surface area contributed by atoms with Gasteiger partial charge in [-0.2, -0.15) is 5.26 Å². The van der Waals surface area contributed by atoms with Gasteiger partial charge in [-0.15, -0.1) is 0 Å². The molecule has 0 unspecified atom stereocenters. The largest absolute Gasteiger partial charge is 0.328 e. The molecule has 0 bridgehead atoms. The van der Waals surface area contributed by atoms with Crippen LogP contribution in [0.2, 0.25) is 0 Å². The number of hydrogen-bond donors (Lipinski definition) is 1. The Bertz CT molecular complexity index is 1430. The SMILES string of the molecule is N#Cc1ccccc1-c1c(C2=CCCN(Cc3ccccc3)C2)c(-c2ccccn2)c[nH]c1=O. The molecule has 0 atom stereocenters. The van der Waals surface area contributed by atoms with Gasteiger partial charge in [0.2, 0.25) is 0 Å². The Hall–Kier alpha value is -4.27. The number of benzene rings is 2. The molecule has 5 heteroatoms. The highest BCUT2D eigenvalue weighted by atomic mass is 16.1. The second kappa shape index (κ2) is 9.70. The van der Waals surface area contributed by atoms with E-state index in [9.17, 15) is 10.1 Å². The van der Waals surface area contributed by atoms with E-state index >= 15 is 0 Å². The Morgan fingerprint density at radius 3 is 2.53 bits per heavy atom. The number of nitriles is 1. The van der Waals surface area contributed by atoms with Crippen LogP contribution in [0.4, 0.5) is 0 Å². The molecule has 34 heavy (non-hydrogen) atoms. The van der Waals surface area contributed by atoms with Gasteiger partial charge in [0.25, 0.3) is 5.56 Å². The smallest absolute Gasteiger partial charge is 0.256 e. The summed E-state index contributed by atoms with van der Waals surface area (Å²) < 4.78 is 0. The van der Waals surface area contributed by atoms with Crippen molar-refractivity contribution in [2.45, 2.75) is 13.0 Å². The molecule has 1 N–H and O–H groups in total. The van der Waals surface area contributed by atoms with E-state index in [1.54, 1.807) is 18.5 Å². The van der Waals surface area contributed by atoms with Crippen molar-refractivity contribution in [1.82, 2.24) is 14.9 Å². The lowest BCUT2D eigenvalue weighted by Gasteiger charge is -2.29. The van der Waals surface area contributed by atoms with Crippen molar-refractivity contribution in [3.05, 3.63) is 118 Å². The van der Waals surface area contributed by atoms with E-state index in [1.165, 1.54) is 5.56 Å². The molecule has 4 aromatic rings. The Labute approximate surface area is 198 Å². The summed E-state index contributed by atoms with van der Waals surface area (Å²) in [4.78, 5) is 23.1. The first-order valence-corrected chi connectivity index (χ1v) is 11.4. The Balaban J connectivity index is 1.67. The van der Waals surface area contributed by atoms with Crippen molar-refractivity contribution in [2.24, 2.45) is 0 Å². The summed E-state index contributed by atoms with van der Waals surface area (Å²) in [7, 11) is 0. The number of aromatic nitrogens is 2. The highest BCUT2D eigenvalue weighted by molar-refractivity contribution is 5.91. The summed E-state index contributed by atoms with van der Waals surface area (Å²) in [6.45, 7) is 2.49. The third-order valence-electron chi connectivity index (χ3n) is 6.15. The van der Waals surface area contributed by atoms with Crippen molar-refractivity contribution in [3.8, 4) is 28.5 Å². The first-order valence-electron chi connectivity index (χ1n) is 11.4. The molecular formula is C29H24N4O. The fourth-order valence-corrected chi connectivity index (χ4v) is 4.61. The van der Waals surface area contributed by atoms with Gasteiger partial charge in [0, 0.05) is 48.7 Å². The van der Waals surface area contributed by atoms with Gasteiger partial charge in [0.05, 0.1) is 22.9 Å². The maximum absolute atomic E-state index is 13.3. The topological polar surface area (TPSA) is 72.8 Å². The maximum atomic E-state index is 13.3. The van der Waals surface area contributed by atoms with Crippen LogP contribution in [-0.2, 0) is 6.54 Å². The third kappa shape index (κ3) is 4.32. The lowest BCUT2D eigenvalue weighted by atomic mass is 9.87. The average Bonchev–Trinajstić information content (AvgIpc) is 2.90. The first-order chi connectivity index (χ1) is 16.7. The number of H-pyrrole nitrogens is 1.